The van der Waals surface area contributed by atoms with Crippen molar-refractivity contribution in [3.8, 4) is 0 Å². The molecule has 0 saturated carbocycles. The van der Waals surface area contributed by atoms with E-state index in [0.717, 1.165) is 17.7 Å². The van der Waals surface area contributed by atoms with E-state index < -0.39 is 30.4 Å². The lowest BCUT2D eigenvalue weighted by atomic mass is 10.1. The van der Waals surface area contributed by atoms with Gasteiger partial charge in [-0.2, -0.15) is 0 Å². The van der Waals surface area contributed by atoms with Gasteiger partial charge in [0.1, 0.15) is 5.76 Å². The highest BCUT2D eigenvalue weighted by molar-refractivity contribution is 6.00. The molecule has 0 aliphatic carbocycles. The minimum Gasteiger partial charge on any atom is -0.467 e. The fourth-order valence-electron chi connectivity index (χ4n) is 3.21. The quantitative estimate of drug-likeness (QED) is 0.668. The van der Waals surface area contributed by atoms with Crippen LogP contribution in [0.2, 0.25) is 0 Å². The molecule has 4 amide bonds. The first-order valence-electron chi connectivity index (χ1n) is 9.63. The van der Waals surface area contributed by atoms with Crippen molar-refractivity contribution >= 4 is 29.5 Å². The highest BCUT2D eigenvalue weighted by Crippen LogP contribution is 2.29. The summed E-state index contributed by atoms with van der Waals surface area (Å²) in [5.74, 6) is -1.71. The van der Waals surface area contributed by atoms with Crippen molar-refractivity contribution in [3.63, 3.8) is 0 Å². The summed E-state index contributed by atoms with van der Waals surface area (Å²) in [5.41, 5.74) is 1.80. The van der Waals surface area contributed by atoms with Crippen molar-refractivity contribution in [2.75, 3.05) is 18.1 Å². The van der Waals surface area contributed by atoms with Gasteiger partial charge >= 0.3 is 12.0 Å². The number of carbonyl (C=O) groups excluding carboxylic acids is 4. The van der Waals surface area contributed by atoms with Crippen molar-refractivity contribution in [3.05, 3.63) is 54.0 Å². The number of nitrogens with zero attached hydrogens (tertiary/aromatic N) is 1. The normalized spacial score (nSPS) is 15.7. The molecule has 1 saturated heterocycles. The van der Waals surface area contributed by atoms with Crippen LogP contribution in [0.1, 0.15) is 24.7 Å². The molecule has 1 aliphatic rings. The molecule has 1 atom stereocenters. The van der Waals surface area contributed by atoms with Crippen molar-refractivity contribution in [1.82, 2.24) is 10.6 Å². The topological polar surface area (TPSA) is 118 Å². The van der Waals surface area contributed by atoms with E-state index in [0.29, 0.717) is 5.76 Å². The Balaban J connectivity index is 1.45. The molecule has 0 radical (unpaired) electrons. The number of hydrogen-bond acceptors (Lipinski definition) is 6. The summed E-state index contributed by atoms with van der Waals surface area (Å²) in [6.45, 7) is 1.70. The smallest absolute Gasteiger partial charge is 0.321 e. The van der Waals surface area contributed by atoms with Gasteiger partial charge in [0, 0.05) is 18.7 Å². The van der Waals surface area contributed by atoms with Crippen LogP contribution in [0.3, 0.4) is 0 Å². The molecule has 2 heterocycles. The van der Waals surface area contributed by atoms with E-state index >= 15 is 0 Å². The summed E-state index contributed by atoms with van der Waals surface area (Å²) in [7, 11) is 0. The maximum Gasteiger partial charge on any atom is 0.321 e. The van der Waals surface area contributed by atoms with E-state index in [9.17, 15) is 19.2 Å². The Kier molecular flexibility index (Phi) is 6.84. The highest BCUT2D eigenvalue weighted by atomic mass is 16.5. The molecule has 3 rings (SSSR count). The molecule has 9 heteroatoms. The van der Waals surface area contributed by atoms with Crippen molar-refractivity contribution in [2.24, 2.45) is 5.92 Å². The van der Waals surface area contributed by atoms with Gasteiger partial charge in [-0.3, -0.25) is 19.7 Å². The Labute approximate surface area is 173 Å². The van der Waals surface area contributed by atoms with Gasteiger partial charge in [0.05, 0.1) is 18.7 Å². The largest absolute Gasteiger partial charge is 0.467 e. The number of urea groups is 1. The summed E-state index contributed by atoms with van der Waals surface area (Å²) < 4.78 is 10.1. The van der Waals surface area contributed by atoms with Crippen LogP contribution in [0, 0.1) is 5.92 Å². The summed E-state index contributed by atoms with van der Waals surface area (Å²) in [4.78, 5) is 49.8. The van der Waals surface area contributed by atoms with Gasteiger partial charge < -0.3 is 19.4 Å². The van der Waals surface area contributed by atoms with Crippen LogP contribution >= 0.6 is 0 Å². The predicted molar refractivity (Wildman–Crippen MR) is 106 cm³/mol. The van der Waals surface area contributed by atoms with Gasteiger partial charge in [-0.1, -0.05) is 25.1 Å². The van der Waals surface area contributed by atoms with Crippen LogP contribution in [-0.4, -0.2) is 37.0 Å². The van der Waals surface area contributed by atoms with E-state index in [-0.39, 0.29) is 25.4 Å². The van der Waals surface area contributed by atoms with Crippen LogP contribution in [0.4, 0.5) is 10.5 Å². The number of carbonyl (C=O) groups is 4. The molecule has 1 aromatic carbocycles. The fraction of sp³-hybridized carbons (Fsp3) is 0.333. The van der Waals surface area contributed by atoms with E-state index in [1.54, 1.807) is 17.0 Å². The molecule has 0 unspecified atom stereocenters. The zero-order valence-corrected chi connectivity index (χ0v) is 16.6. The first kappa shape index (κ1) is 21.1. The maximum absolute atomic E-state index is 12.4. The molecular formula is C21H23N3O6. The van der Waals surface area contributed by atoms with Gasteiger partial charge in [0.25, 0.3) is 5.91 Å². The summed E-state index contributed by atoms with van der Waals surface area (Å²) in [6, 6.07) is 10.1. The number of amides is 4. The molecule has 1 aromatic heterocycles. The Morgan fingerprint density at radius 1 is 1.20 bits per heavy atom. The van der Waals surface area contributed by atoms with E-state index in [1.807, 2.05) is 31.2 Å². The number of ether oxygens (including phenoxy) is 1. The number of aryl methyl sites for hydroxylation is 1. The first-order valence-corrected chi connectivity index (χ1v) is 9.63. The van der Waals surface area contributed by atoms with Gasteiger partial charge in [0.15, 0.2) is 6.61 Å². The number of benzene rings is 1. The molecule has 2 aromatic rings. The minimum absolute atomic E-state index is 0.0160. The van der Waals surface area contributed by atoms with Gasteiger partial charge in [-0.15, -0.1) is 0 Å². The molecule has 0 spiro atoms. The maximum atomic E-state index is 12.4. The number of hydrogen-bond donors (Lipinski definition) is 2. The van der Waals surface area contributed by atoms with E-state index in [2.05, 4.69) is 10.6 Å². The average molecular weight is 413 g/mol. The number of furan rings is 1. The van der Waals surface area contributed by atoms with Crippen LogP contribution in [0.25, 0.3) is 0 Å². The van der Waals surface area contributed by atoms with E-state index in [4.69, 9.17) is 9.15 Å². The molecule has 9 nitrogen and oxygen atoms in total. The lowest BCUT2D eigenvalue weighted by Crippen LogP contribution is -2.41. The second-order valence-electron chi connectivity index (χ2n) is 6.81. The Bertz CT molecular complexity index is 925. The van der Waals surface area contributed by atoms with E-state index in [1.165, 1.54) is 6.26 Å². The number of esters is 1. The van der Waals surface area contributed by atoms with Gasteiger partial charge in [-0.25, -0.2) is 4.79 Å². The standard InChI is InChI=1S/C21H23N3O6/c1-2-14-6-3-4-8-17(14)24-12-15(10-19(24)26)20(27)30-13-18(25)23-21(28)22-11-16-7-5-9-29-16/h3-9,15H,2,10-13H2,1H3,(H2,22,23,25,28)/t15-/m0/s1. The molecule has 1 aliphatic heterocycles. The molecule has 30 heavy (non-hydrogen) atoms. The monoisotopic (exact) mass is 413 g/mol. The van der Waals surface area contributed by atoms with Crippen LogP contribution < -0.4 is 15.5 Å². The lowest BCUT2D eigenvalue weighted by Gasteiger charge is -2.19. The minimum atomic E-state index is -0.766. The predicted octanol–water partition coefficient (Wildman–Crippen LogP) is 1.76. The van der Waals surface area contributed by atoms with Gasteiger partial charge in [-0.05, 0) is 30.2 Å². The van der Waals surface area contributed by atoms with Crippen LogP contribution in [0.5, 0.6) is 0 Å². The third-order valence-corrected chi connectivity index (χ3v) is 4.72. The number of rotatable bonds is 7. The number of para-hydroxylation sites is 1. The summed E-state index contributed by atoms with van der Waals surface area (Å²) in [6.07, 6.45) is 2.24. The first-order chi connectivity index (χ1) is 14.5. The molecule has 1 fully saturated rings. The molecule has 0 bridgehead atoms. The van der Waals surface area contributed by atoms with Crippen molar-refractivity contribution in [2.45, 2.75) is 26.3 Å². The molecule has 2 N–H and O–H groups in total. The van der Waals surface area contributed by atoms with Crippen LogP contribution in [-0.2, 0) is 32.1 Å². The van der Waals surface area contributed by atoms with Crippen LogP contribution in [0.15, 0.2) is 47.1 Å². The molecular weight excluding hydrogens is 390 g/mol. The summed E-state index contributed by atoms with van der Waals surface area (Å²) in [5, 5.41) is 4.50. The third-order valence-electron chi connectivity index (χ3n) is 4.72. The molecule has 158 valence electrons. The summed E-state index contributed by atoms with van der Waals surface area (Å²) >= 11 is 0. The number of imide groups is 1. The average Bonchev–Trinajstić information content (AvgIpc) is 3.40. The van der Waals surface area contributed by atoms with Crippen molar-refractivity contribution < 1.29 is 28.3 Å². The van der Waals surface area contributed by atoms with Crippen molar-refractivity contribution in [1.29, 1.82) is 0 Å². The second-order valence-corrected chi connectivity index (χ2v) is 6.81. The highest BCUT2D eigenvalue weighted by Gasteiger charge is 2.37. The lowest BCUT2D eigenvalue weighted by molar-refractivity contribution is -0.152. The Hall–Kier alpha value is -3.62. The second kappa shape index (κ2) is 9.73. The fourth-order valence-corrected chi connectivity index (χ4v) is 3.21. The Morgan fingerprint density at radius 2 is 2.00 bits per heavy atom. The Morgan fingerprint density at radius 3 is 2.73 bits per heavy atom. The third kappa shape index (κ3) is 5.25. The zero-order valence-electron chi connectivity index (χ0n) is 16.6. The zero-order chi connectivity index (χ0) is 21.5. The van der Waals surface area contributed by atoms with Gasteiger partial charge in [0.2, 0.25) is 5.91 Å². The number of nitrogens with one attached hydrogen (secondary N) is 2. The SMILES string of the molecule is CCc1ccccc1N1C[C@@H](C(=O)OCC(=O)NC(=O)NCc2ccco2)CC1=O. The number of anilines is 1.